The van der Waals surface area contributed by atoms with Crippen molar-refractivity contribution >= 4 is 22.8 Å². The molecule has 0 fully saturated rings. The normalized spacial score (nSPS) is 12.7. The van der Waals surface area contributed by atoms with E-state index in [-0.39, 0.29) is 11.7 Å². The fourth-order valence-corrected chi connectivity index (χ4v) is 2.63. The van der Waals surface area contributed by atoms with Crippen LogP contribution in [0, 0.1) is 0 Å². The van der Waals surface area contributed by atoms with Gasteiger partial charge in [-0.3, -0.25) is 0 Å². The van der Waals surface area contributed by atoms with Crippen molar-refractivity contribution in [2.24, 2.45) is 0 Å². The monoisotopic (exact) mass is 275 g/mol. The third kappa shape index (κ3) is 2.50. The van der Waals surface area contributed by atoms with Gasteiger partial charge in [-0.2, -0.15) is 21.0 Å². The Labute approximate surface area is 113 Å². The van der Waals surface area contributed by atoms with Gasteiger partial charge in [0, 0.05) is 6.04 Å². The highest BCUT2D eigenvalue weighted by atomic mass is 32.1. The van der Waals surface area contributed by atoms with Crippen LogP contribution in [0.25, 0.3) is 5.65 Å². The Bertz CT molecular complexity index is 730. The van der Waals surface area contributed by atoms with Crippen LogP contribution in [-0.4, -0.2) is 25.9 Å². The van der Waals surface area contributed by atoms with Gasteiger partial charge in [0.1, 0.15) is 5.82 Å². The minimum absolute atomic E-state index is 0.238. The standard InChI is InChI=1S/C12H13N5OS/c1-8(6-9-4-5-19-7-9)13-10-2-3-11-14-15-12(18)17(11)16-10/h2-5,7-8H,6H2,1H3,(H,13,16)(H,15,18). The van der Waals surface area contributed by atoms with Crippen LogP contribution >= 0.6 is 11.3 Å². The second-order valence-corrected chi connectivity index (χ2v) is 5.18. The highest BCUT2D eigenvalue weighted by molar-refractivity contribution is 7.07. The average molecular weight is 275 g/mol. The predicted molar refractivity (Wildman–Crippen MR) is 74.7 cm³/mol. The average Bonchev–Trinajstić information content (AvgIpc) is 3.00. The molecule has 3 aromatic rings. The molecule has 0 spiro atoms. The molecular formula is C12H13N5OS. The van der Waals surface area contributed by atoms with Crippen molar-refractivity contribution in [3.8, 4) is 0 Å². The number of rotatable bonds is 4. The SMILES string of the molecule is CC(Cc1ccsc1)Nc1ccc2n[nH]c(=O)n2n1. The van der Waals surface area contributed by atoms with E-state index >= 15 is 0 Å². The molecule has 3 rings (SSSR count). The maximum absolute atomic E-state index is 11.4. The van der Waals surface area contributed by atoms with E-state index in [0.717, 1.165) is 6.42 Å². The van der Waals surface area contributed by atoms with Crippen molar-refractivity contribution in [3.63, 3.8) is 0 Å². The van der Waals surface area contributed by atoms with E-state index in [1.807, 2.05) is 6.07 Å². The Hall–Kier alpha value is -2.15. The fourth-order valence-electron chi connectivity index (χ4n) is 1.95. The summed E-state index contributed by atoms with van der Waals surface area (Å²) in [6.45, 7) is 2.09. The minimum atomic E-state index is -0.330. The van der Waals surface area contributed by atoms with Crippen LogP contribution in [0.5, 0.6) is 0 Å². The molecular weight excluding hydrogens is 262 g/mol. The molecule has 1 unspecified atom stereocenters. The molecule has 3 heterocycles. The summed E-state index contributed by atoms with van der Waals surface area (Å²) >= 11 is 1.69. The number of hydrogen-bond acceptors (Lipinski definition) is 5. The first kappa shape index (κ1) is 11.9. The van der Waals surface area contributed by atoms with Crippen molar-refractivity contribution in [2.75, 3.05) is 5.32 Å². The van der Waals surface area contributed by atoms with Gasteiger partial charge >= 0.3 is 5.69 Å². The molecule has 0 amide bonds. The van der Waals surface area contributed by atoms with Crippen LogP contribution in [0.15, 0.2) is 33.8 Å². The Kier molecular flexibility index (Phi) is 3.04. The van der Waals surface area contributed by atoms with Crippen molar-refractivity contribution in [3.05, 3.63) is 45.0 Å². The molecule has 0 aliphatic carbocycles. The number of hydrogen-bond donors (Lipinski definition) is 2. The summed E-state index contributed by atoms with van der Waals surface area (Å²) in [5.41, 5.74) is 1.48. The molecule has 3 aromatic heterocycles. The van der Waals surface area contributed by atoms with Gasteiger partial charge in [0.25, 0.3) is 0 Å². The molecule has 0 aliphatic heterocycles. The lowest BCUT2D eigenvalue weighted by atomic mass is 10.1. The zero-order chi connectivity index (χ0) is 13.2. The Morgan fingerprint density at radius 2 is 2.37 bits per heavy atom. The van der Waals surface area contributed by atoms with Crippen LogP contribution in [0.1, 0.15) is 12.5 Å². The summed E-state index contributed by atoms with van der Waals surface area (Å²) in [7, 11) is 0. The van der Waals surface area contributed by atoms with Crippen LogP contribution in [0.3, 0.4) is 0 Å². The topological polar surface area (TPSA) is 75.1 Å². The van der Waals surface area contributed by atoms with Gasteiger partial charge in [-0.15, -0.1) is 5.10 Å². The van der Waals surface area contributed by atoms with E-state index < -0.39 is 0 Å². The van der Waals surface area contributed by atoms with Gasteiger partial charge in [-0.25, -0.2) is 9.89 Å². The summed E-state index contributed by atoms with van der Waals surface area (Å²) < 4.78 is 1.25. The van der Waals surface area contributed by atoms with Crippen molar-refractivity contribution < 1.29 is 0 Å². The number of aromatic nitrogens is 4. The maximum atomic E-state index is 11.4. The fraction of sp³-hybridized carbons (Fsp3) is 0.250. The molecule has 98 valence electrons. The molecule has 0 saturated heterocycles. The number of nitrogens with one attached hydrogen (secondary N) is 2. The number of nitrogens with zero attached hydrogens (tertiary/aromatic N) is 3. The quantitative estimate of drug-likeness (QED) is 0.757. The molecule has 0 aliphatic rings. The van der Waals surface area contributed by atoms with Gasteiger partial charge < -0.3 is 5.32 Å². The second kappa shape index (κ2) is 4.85. The van der Waals surface area contributed by atoms with E-state index in [4.69, 9.17) is 0 Å². The van der Waals surface area contributed by atoms with Crippen LogP contribution < -0.4 is 11.0 Å². The molecule has 0 aromatic carbocycles. The molecule has 7 heteroatoms. The van der Waals surface area contributed by atoms with Gasteiger partial charge in [0.2, 0.25) is 0 Å². The van der Waals surface area contributed by atoms with E-state index in [9.17, 15) is 4.79 Å². The minimum Gasteiger partial charge on any atom is -0.366 e. The first-order valence-corrected chi connectivity index (χ1v) is 6.89. The van der Waals surface area contributed by atoms with Crippen molar-refractivity contribution in [1.82, 2.24) is 19.8 Å². The zero-order valence-corrected chi connectivity index (χ0v) is 11.1. The van der Waals surface area contributed by atoms with E-state index in [0.29, 0.717) is 11.5 Å². The zero-order valence-electron chi connectivity index (χ0n) is 10.3. The number of anilines is 1. The summed E-state index contributed by atoms with van der Waals surface area (Å²) in [6, 6.07) is 5.92. The summed E-state index contributed by atoms with van der Waals surface area (Å²) in [6.07, 6.45) is 0.920. The maximum Gasteiger partial charge on any atom is 0.364 e. The third-order valence-electron chi connectivity index (χ3n) is 2.79. The van der Waals surface area contributed by atoms with Crippen LogP contribution in [0.2, 0.25) is 0 Å². The lowest BCUT2D eigenvalue weighted by molar-refractivity contribution is 0.772. The van der Waals surface area contributed by atoms with Crippen LogP contribution in [-0.2, 0) is 6.42 Å². The molecule has 0 radical (unpaired) electrons. The lowest BCUT2D eigenvalue weighted by Gasteiger charge is -2.13. The Morgan fingerprint density at radius 3 is 3.16 bits per heavy atom. The number of fused-ring (bicyclic) bond motifs is 1. The van der Waals surface area contributed by atoms with E-state index in [1.54, 1.807) is 17.4 Å². The van der Waals surface area contributed by atoms with E-state index in [2.05, 4.69) is 44.4 Å². The molecule has 0 bridgehead atoms. The Balaban J connectivity index is 1.77. The number of H-pyrrole nitrogens is 1. The van der Waals surface area contributed by atoms with Crippen molar-refractivity contribution in [1.29, 1.82) is 0 Å². The first-order chi connectivity index (χ1) is 9.22. The highest BCUT2D eigenvalue weighted by Gasteiger charge is 2.07. The van der Waals surface area contributed by atoms with Gasteiger partial charge in [-0.05, 0) is 47.9 Å². The molecule has 19 heavy (non-hydrogen) atoms. The van der Waals surface area contributed by atoms with Gasteiger partial charge in [0.05, 0.1) is 0 Å². The summed E-state index contributed by atoms with van der Waals surface area (Å²) in [4.78, 5) is 11.4. The van der Waals surface area contributed by atoms with Crippen molar-refractivity contribution in [2.45, 2.75) is 19.4 Å². The van der Waals surface area contributed by atoms with Gasteiger partial charge in [-0.1, -0.05) is 0 Å². The van der Waals surface area contributed by atoms with Crippen LogP contribution in [0.4, 0.5) is 5.82 Å². The molecule has 2 N–H and O–H groups in total. The summed E-state index contributed by atoms with van der Waals surface area (Å²) in [5.74, 6) is 0.665. The third-order valence-corrected chi connectivity index (χ3v) is 3.52. The molecule has 6 nitrogen and oxygen atoms in total. The second-order valence-electron chi connectivity index (χ2n) is 4.40. The number of thiophene rings is 1. The van der Waals surface area contributed by atoms with Gasteiger partial charge in [0.15, 0.2) is 5.65 Å². The number of aromatic amines is 1. The smallest absolute Gasteiger partial charge is 0.364 e. The first-order valence-electron chi connectivity index (χ1n) is 5.94. The molecule has 1 atom stereocenters. The lowest BCUT2D eigenvalue weighted by Crippen LogP contribution is -2.20. The summed E-state index contributed by atoms with van der Waals surface area (Å²) in [5, 5.41) is 17.9. The highest BCUT2D eigenvalue weighted by Crippen LogP contribution is 2.11. The predicted octanol–water partition coefficient (Wildman–Crippen LogP) is 1.52. The molecule has 0 saturated carbocycles. The van der Waals surface area contributed by atoms with E-state index in [1.165, 1.54) is 10.1 Å². The largest absolute Gasteiger partial charge is 0.366 e. The Morgan fingerprint density at radius 1 is 1.47 bits per heavy atom.